The van der Waals surface area contributed by atoms with Gasteiger partial charge in [-0.3, -0.25) is 9.63 Å². The van der Waals surface area contributed by atoms with Crippen molar-refractivity contribution in [3.63, 3.8) is 0 Å². The third-order valence-electron chi connectivity index (χ3n) is 3.52. The number of carbonyl (C=O) groups is 1. The largest absolute Gasteiger partial charge is 0.331 e. The lowest BCUT2D eigenvalue weighted by molar-refractivity contribution is -0.131. The molecule has 0 spiro atoms. The van der Waals surface area contributed by atoms with Crippen LogP contribution in [0.1, 0.15) is 12.2 Å². The van der Waals surface area contributed by atoms with Gasteiger partial charge in [-0.1, -0.05) is 0 Å². The molecule has 1 heterocycles. The van der Waals surface area contributed by atoms with Gasteiger partial charge in [-0.15, -0.1) is 0 Å². The Bertz CT molecular complexity index is 827. The minimum Gasteiger partial charge on any atom is -0.331 e. The second-order valence-electron chi connectivity index (χ2n) is 5.25. The van der Waals surface area contributed by atoms with Gasteiger partial charge in [0.05, 0.1) is 23.0 Å². The summed E-state index contributed by atoms with van der Waals surface area (Å²) in [6.45, 7) is 0. The van der Waals surface area contributed by atoms with Gasteiger partial charge in [0.25, 0.3) is 0 Å². The first-order valence-corrected chi connectivity index (χ1v) is 8.41. The van der Waals surface area contributed by atoms with Crippen LogP contribution in [0, 0.1) is 0 Å². The average molecular weight is 340 g/mol. The van der Waals surface area contributed by atoms with Gasteiger partial charge in [-0.25, -0.2) is 23.2 Å². The number of nitrogens with zero attached hydrogens (tertiary/aromatic N) is 3. The summed E-state index contributed by atoms with van der Waals surface area (Å²) in [6.07, 6.45) is 0.657. The topological polar surface area (TPSA) is 93.5 Å². The minimum atomic E-state index is -3.50. The van der Waals surface area contributed by atoms with Gasteiger partial charge in [0.15, 0.2) is 0 Å². The van der Waals surface area contributed by atoms with Gasteiger partial charge in [0.1, 0.15) is 5.82 Å². The molecule has 1 aromatic heterocycles. The van der Waals surface area contributed by atoms with Crippen LogP contribution >= 0.6 is 0 Å². The van der Waals surface area contributed by atoms with E-state index >= 15 is 0 Å². The van der Waals surface area contributed by atoms with E-state index < -0.39 is 10.0 Å². The second-order valence-corrected chi connectivity index (χ2v) is 7.41. The monoisotopic (exact) mass is 340 g/mol. The number of amides is 1. The number of nitrogens with one attached hydrogen (secondary N) is 1. The zero-order valence-corrected chi connectivity index (χ0v) is 14.3. The summed E-state index contributed by atoms with van der Waals surface area (Å²) in [5.41, 5.74) is 3.64. The number of aryl methyl sites for hydroxylation is 2. The number of hydrogen-bond donors (Lipinski definition) is 1. The first-order chi connectivity index (χ1) is 10.8. The summed E-state index contributed by atoms with van der Waals surface area (Å²) in [4.78, 5) is 20.6. The van der Waals surface area contributed by atoms with E-state index in [1.54, 1.807) is 18.2 Å². The highest BCUT2D eigenvalue weighted by atomic mass is 32.2. The number of sulfonamides is 1. The van der Waals surface area contributed by atoms with Gasteiger partial charge in [-0.05, 0) is 18.2 Å². The van der Waals surface area contributed by atoms with Crippen LogP contribution in [0.2, 0.25) is 0 Å². The number of benzene rings is 1. The lowest BCUT2D eigenvalue weighted by Gasteiger charge is -2.10. The van der Waals surface area contributed by atoms with Crippen LogP contribution in [0.15, 0.2) is 23.1 Å². The number of carbonyl (C=O) groups excluding carboxylic acids is 1. The van der Waals surface area contributed by atoms with E-state index in [-0.39, 0.29) is 17.2 Å². The van der Waals surface area contributed by atoms with Crippen LogP contribution in [-0.4, -0.2) is 49.4 Å². The van der Waals surface area contributed by atoms with Crippen molar-refractivity contribution < 1.29 is 18.0 Å². The molecule has 0 fully saturated rings. The highest BCUT2D eigenvalue weighted by Gasteiger charge is 2.19. The maximum absolute atomic E-state index is 12.2. The summed E-state index contributed by atoms with van der Waals surface area (Å²) < 4.78 is 27.4. The van der Waals surface area contributed by atoms with E-state index in [0.717, 1.165) is 9.82 Å². The molecule has 0 radical (unpaired) electrons. The summed E-state index contributed by atoms with van der Waals surface area (Å²) in [6, 6.07) is 4.82. The van der Waals surface area contributed by atoms with Crippen LogP contribution in [0.4, 0.5) is 0 Å². The fourth-order valence-corrected chi connectivity index (χ4v) is 3.14. The number of aromatic nitrogens is 2. The molecule has 0 aliphatic carbocycles. The Labute approximate surface area is 135 Å². The van der Waals surface area contributed by atoms with E-state index in [0.29, 0.717) is 17.8 Å². The first kappa shape index (κ1) is 17.4. The molecule has 0 bridgehead atoms. The molecule has 2 aromatic rings. The average Bonchev–Trinajstić information content (AvgIpc) is 2.81. The first-order valence-electron chi connectivity index (χ1n) is 6.97. The van der Waals surface area contributed by atoms with Crippen molar-refractivity contribution in [2.75, 3.05) is 21.2 Å². The van der Waals surface area contributed by atoms with E-state index in [9.17, 15) is 13.2 Å². The number of fused-ring (bicyclic) bond motifs is 1. The number of imidazole rings is 1. The number of hydrogen-bond acceptors (Lipinski definition) is 5. The highest BCUT2D eigenvalue weighted by molar-refractivity contribution is 7.89. The molecule has 0 aliphatic heterocycles. The predicted molar refractivity (Wildman–Crippen MR) is 85.1 cm³/mol. The molecule has 0 aliphatic rings. The number of hydroxylamine groups is 1. The predicted octanol–water partition coefficient (Wildman–Crippen LogP) is 0.434. The Balaban J connectivity index is 2.33. The lowest BCUT2D eigenvalue weighted by Crippen LogP contribution is -2.22. The molecule has 0 unspecified atom stereocenters. The zero-order valence-electron chi connectivity index (χ0n) is 13.5. The molecule has 126 valence electrons. The Kier molecular flexibility index (Phi) is 5.03. The van der Waals surface area contributed by atoms with Gasteiger partial charge in [0.2, 0.25) is 15.9 Å². The summed E-state index contributed by atoms with van der Waals surface area (Å²) >= 11 is 0. The van der Waals surface area contributed by atoms with E-state index in [2.05, 4.69) is 15.3 Å². The molecule has 0 saturated carbocycles. The van der Waals surface area contributed by atoms with Crippen LogP contribution in [0.3, 0.4) is 0 Å². The van der Waals surface area contributed by atoms with Crippen LogP contribution in [-0.2, 0) is 33.1 Å². The summed E-state index contributed by atoms with van der Waals surface area (Å²) in [5.74, 6) is 0.459. The van der Waals surface area contributed by atoms with Gasteiger partial charge < -0.3 is 4.57 Å². The Morgan fingerprint density at radius 1 is 1.39 bits per heavy atom. The van der Waals surface area contributed by atoms with Crippen LogP contribution in [0.25, 0.3) is 11.0 Å². The van der Waals surface area contributed by atoms with Crippen LogP contribution in [0.5, 0.6) is 0 Å². The van der Waals surface area contributed by atoms with Crippen molar-refractivity contribution in [1.29, 1.82) is 0 Å². The lowest BCUT2D eigenvalue weighted by atomic mass is 10.3. The summed E-state index contributed by atoms with van der Waals surface area (Å²) in [7, 11) is 2.67. The second kappa shape index (κ2) is 6.65. The Morgan fingerprint density at radius 3 is 2.70 bits per heavy atom. The van der Waals surface area contributed by atoms with Gasteiger partial charge >= 0.3 is 0 Å². The van der Waals surface area contributed by atoms with Crippen molar-refractivity contribution in [3.8, 4) is 0 Å². The van der Waals surface area contributed by atoms with Crippen molar-refractivity contribution in [2.24, 2.45) is 7.05 Å². The minimum absolute atomic E-state index is 0.191. The number of rotatable bonds is 6. The van der Waals surface area contributed by atoms with Crippen LogP contribution < -0.4 is 5.48 Å². The normalized spacial score (nSPS) is 12.0. The quantitative estimate of drug-likeness (QED) is 0.770. The molecule has 0 saturated heterocycles. The maximum Gasteiger partial charge on any atom is 0.243 e. The molecule has 1 N–H and O–H groups in total. The van der Waals surface area contributed by atoms with E-state index in [4.69, 9.17) is 0 Å². The molecular weight excluding hydrogens is 320 g/mol. The Morgan fingerprint density at radius 2 is 2.09 bits per heavy atom. The molecule has 9 heteroatoms. The maximum atomic E-state index is 12.2. The fraction of sp³-hybridized carbons (Fsp3) is 0.429. The molecule has 8 nitrogen and oxygen atoms in total. The molecule has 0 atom stereocenters. The van der Waals surface area contributed by atoms with Gasteiger partial charge in [0, 0.05) is 34.0 Å². The smallest absolute Gasteiger partial charge is 0.243 e. The molecular formula is C14H20N4O4S. The summed E-state index contributed by atoms with van der Waals surface area (Å²) in [5, 5.41) is 0. The fourth-order valence-electron chi connectivity index (χ4n) is 2.21. The van der Waals surface area contributed by atoms with Gasteiger partial charge in [-0.2, -0.15) is 0 Å². The van der Waals surface area contributed by atoms with Crippen molar-refractivity contribution in [1.82, 2.24) is 19.3 Å². The molecule has 1 aromatic carbocycles. The Hall–Kier alpha value is -1.97. The third kappa shape index (κ3) is 3.52. The van der Waals surface area contributed by atoms with Crippen molar-refractivity contribution in [2.45, 2.75) is 17.7 Å². The van der Waals surface area contributed by atoms with Crippen molar-refractivity contribution in [3.05, 3.63) is 24.0 Å². The SMILES string of the molecule is CONC(=O)CCc1nc2cc(S(=O)(=O)N(C)C)ccc2n1C. The highest BCUT2D eigenvalue weighted by Crippen LogP contribution is 2.21. The zero-order chi connectivity index (χ0) is 17.2. The van der Waals surface area contributed by atoms with E-state index in [1.165, 1.54) is 21.2 Å². The van der Waals surface area contributed by atoms with E-state index in [1.807, 2.05) is 11.6 Å². The third-order valence-corrected chi connectivity index (χ3v) is 5.33. The molecule has 23 heavy (non-hydrogen) atoms. The molecule has 1 amide bonds. The van der Waals surface area contributed by atoms with Crippen molar-refractivity contribution >= 4 is 27.0 Å². The molecule has 2 rings (SSSR count). The standard InChI is InChI=1S/C14H20N4O4S/c1-17(2)23(20,21)10-5-6-12-11(9-10)15-13(18(12)3)7-8-14(19)16-22-4/h5-6,9H,7-8H2,1-4H3,(H,16,19).